The van der Waals surface area contributed by atoms with Crippen molar-refractivity contribution >= 4 is 16.8 Å². The van der Waals surface area contributed by atoms with Crippen LogP contribution in [-0.4, -0.2) is 26.1 Å². The Hall–Kier alpha value is -4.52. The van der Waals surface area contributed by atoms with Crippen molar-refractivity contribution in [3.8, 4) is 22.9 Å². The molecule has 2 aromatic carbocycles. The quantitative estimate of drug-likeness (QED) is 0.346. The lowest BCUT2D eigenvalue weighted by molar-refractivity contribution is -0.119. The van der Waals surface area contributed by atoms with Crippen molar-refractivity contribution in [2.24, 2.45) is 5.73 Å². The van der Waals surface area contributed by atoms with Gasteiger partial charge in [-0.25, -0.2) is 4.98 Å². The molecule has 0 unspecified atom stereocenters. The zero-order valence-corrected chi connectivity index (χ0v) is 18.4. The molecule has 0 saturated carbocycles. The Morgan fingerprint density at radius 1 is 1.00 bits per heavy atom. The zero-order valence-electron chi connectivity index (χ0n) is 18.4. The molecule has 7 heteroatoms. The molecule has 168 valence electrons. The second-order valence-electron chi connectivity index (χ2n) is 8.02. The summed E-state index contributed by atoms with van der Waals surface area (Å²) in [4.78, 5) is 21.1. The maximum absolute atomic E-state index is 12.0. The van der Waals surface area contributed by atoms with Crippen LogP contribution in [0.15, 0.2) is 91.3 Å². The van der Waals surface area contributed by atoms with Gasteiger partial charge in [-0.2, -0.15) is 5.10 Å². The van der Waals surface area contributed by atoms with Gasteiger partial charge in [-0.15, -0.1) is 0 Å². The fraction of sp³-hybridized carbons (Fsp3) is 0.111. The first-order chi connectivity index (χ1) is 16.7. The number of benzene rings is 2. The van der Waals surface area contributed by atoms with Crippen LogP contribution >= 0.6 is 0 Å². The minimum absolute atomic E-state index is 0.319. The molecule has 34 heavy (non-hydrogen) atoms. The summed E-state index contributed by atoms with van der Waals surface area (Å²) in [6, 6.07) is 25.0. The number of nitrogens with zero attached hydrogens (tertiary/aromatic N) is 3. The highest BCUT2D eigenvalue weighted by Gasteiger charge is 2.17. The summed E-state index contributed by atoms with van der Waals surface area (Å²) in [5.41, 5.74) is 10.2. The summed E-state index contributed by atoms with van der Waals surface area (Å²) in [5, 5.41) is 7.83. The van der Waals surface area contributed by atoms with Crippen molar-refractivity contribution in [2.45, 2.75) is 18.8 Å². The molecule has 5 rings (SSSR count). The van der Waals surface area contributed by atoms with Gasteiger partial charge < -0.3 is 10.5 Å². The number of nitrogens with two attached hydrogens (primary N) is 1. The van der Waals surface area contributed by atoms with E-state index in [2.05, 4.69) is 15.2 Å². The molecule has 0 spiro atoms. The maximum atomic E-state index is 12.0. The minimum Gasteiger partial charge on any atom is -0.439 e. The van der Waals surface area contributed by atoms with Crippen molar-refractivity contribution in [3.05, 3.63) is 103 Å². The van der Waals surface area contributed by atoms with E-state index in [1.807, 2.05) is 78.9 Å². The Morgan fingerprint density at radius 3 is 2.62 bits per heavy atom. The molecule has 7 nitrogen and oxygen atoms in total. The number of pyridine rings is 2. The molecular weight excluding hydrogens is 426 g/mol. The second-order valence-corrected chi connectivity index (χ2v) is 8.02. The van der Waals surface area contributed by atoms with E-state index in [-0.39, 0.29) is 11.8 Å². The van der Waals surface area contributed by atoms with E-state index in [4.69, 9.17) is 15.5 Å². The van der Waals surface area contributed by atoms with Gasteiger partial charge in [0.1, 0.15) is 5.75 Å². The monoisotopic (exact) mass is 449 g/mol. The topological polar surface area (TPSA) is 107 Å². The zero-order chi connectivity index (χ0) is 23.3. The number of H-pyrrole nitrogens is 1. The molecule has 0 fully saturated rings. The highest BCUT2D eigenvalue weighted by molar-refractivity contribution is 5.82. The maximum Gasteiger partial charge on any atom is 0.224 e. The van der Waals surface area contributed by atoms with Gasteiger partial charge in [-0.3, -0.25) is 14.9 Å². The molecule has 1 amide bonds. The third-order valence-corrected chi connectivity index (χ3v) is 5.72. The number of hydrogen-bond acceptors (Lipinski definition) is 5. The van der Waals surface area contributed by atoms with Crippen LogP contribution in [0.5, 0.6) is 11.6 Å². The minimum atomic E-state index is -0.332. The van der Waals surface area contributed by atoms with E-state index in [9.17, 15) is 4.79 Å². The van der Waals surface area contributed by atoms with Gasteiger partial charge in [-0.1, -0.05) is 36.4 Å². The summed E-state index contributed by atoms with van der Waals surface area (Å²) in [5.74, 6) is 0.536. The van der Waals surface area contributed by atoms with Crippen LogP contribution in [0, 0.1) is 0 Å². The fourth-order valence-corrected chi connectivity index (χ4v) is 3.94. The first kappa shape index (κ1) is 21.3. The van der Waals surface area contributed by atoms with Crippen molar-refractivity contribution in [2.75, 3.05) is 0 Å². The Bertz CT molecular complexity index is 1400. The standard InChI is InChI=1S/C27H23N5O2/c28-27(33)23(18-4-2-1-3-5-18)11-9-21-8-6-19-16-22(10-12-24(19)31-21)34-26-13-7-20(17-29-26)25-14-15-30-32-25/h1-8,10,12-17,23H,9,11H2,(H2,28,33)(H,30,32)/t23-/m0/s1. The average molecular weight is 450 g/mol. The molecule has 3 N–H and O–H groups in total. The third-order valence-electron chi connectivity index (χ3n) is 5.72. The van der Waals surface area contributed by atoms with Gasteiger partial charge in [0.2, 0.25) is 11.8 Å². The number of carbonyl (C=O) groups is 1. The predicted molar refractivity (Wildman–Crippen MR) is 130 cm³/mol. The number of ether oxygens (including phenoxy) is 1. The van der Waals surface area contributed by atoms with Gasteiger partial charge >= 0.3 is 0 Å². The number of primary amides is 1. The molecule has 1 atom stereocenters. The lowest BCUT2D eigenvalue weighted by Gasteiger charge is -2.13. The van der Waals surface area contributed by atoms with E-state index in [1.165, 1.54) is 0 Å². The van der Waals surface area contributed by atoms with Gasteiger partial charge in [-0.05, 0) is 54.8 Å². The van der Waals surface area contributed by atoms with Gasteiger partial charge in [0.05, 0.1) is 17.1 Å². The number of hydrogen-bond donors (Lipinski definition) is 2. The highest BCUT2D eigenvalue weighted by atomic mass is 16.5. The largest absolute Gasteiger partial charge is 0.439 e. The fourth-order valence-electron chi connectivity index (χ4n) is 3.94. The van der Waals surface area contributed by atoms with E-state index in [0.717, 1.165) is 33.4 Å². The number of carbonyl (C=O) groups excluding carboxylic acids is 1. The molecule has 0 radical (unpaired) electrons. The number of fused-ring (bicyclic) bond motifs is 1. The summed E-state index contributed by atoms with van der Waals surface area (Å²) in [7, 11) is 0. The third kappa shape index (κ3) is 4.78. The SMILES string of the molecule is NC(=O)[C@@H](CCc1ccc2cc(Oc3ccc(-c4ccn[nH]4)cn3)ccc2n1)c1ccccc1. The van der Waals surface area contributed by atoms with Gasteiger partial charge in [0.15, 0.2) is 0 Å². The van der Waals surface area contributed by atoms with Gasteiger partial charge in [0, 0.05) is 35.1 Å². The molecule has 0 saturated heterocycles. The second kappa shape index (κ2) is 9.54. The van der Waals surface area contributed by atoms with Crippen LogP contribution < -0.4 is 10.5 Å². The number of rotatable bonds is 8. The molecule has 0 bridgehead atoms. The average Bonchev–Trinajstić information content (AvgIpc) is 3.40. The number of aromatic nitrogens is 4. The molecule has 3 aromatic heterocycles. The summed E-state index contributed by atoms with van der Waals surface area (Å²) in [6.07, 6.45) is 4.71. The number of amides is 1. The van der Waals surface area contributed by atoms with Crippen LogP contribution in [0.25, 0.3) is 22.2 Å². The Balaban J connectivity index is 1.27. The first-order valence-corrected chi connectivity index (χ1v) is 11.0. The van der Waals surface area contributed by atoms with Crippen molar-refractivity contribution < 1.29 is 9.53 Å². The van der Waals surface area contributed by atoms with Crippen LogP contribution in [0.3, 0.4) is 0 Å². The van der Waals surface area contributed by atoms with E-state index < -0.39 is 0 Å². The molecule has 5 aromatic rings. The molecule has 0 aliphatic carbocycles. The highest BCUT2D eigenvalue weighted by Crippen LogP contribution is 2.26. The van der Waals surface area contributed by atoms with Crippen molar-refractivity contribution in [3.63, 3.8) is 0 Å². The summed E-state index contributed by atoms with van der Waals surface area (Å²) in [6.45, 7) is 0. The van der Waals surface area contributed by atoms with Gasteiger partial charge in [0.25, 0.3) is 0 Å². The van der Waals surface area contributed by atoms with E-state index in [1.54, 1.807) is 12.4 Å². The number of nitrogens with one attached hydrogen (secondary N) is 1. The van der Waals surface area contributed by atoms with Crippen LogP contribution in [0.1, 0.15) is 23.6 Å². The number of aromatic amines is 1. The van der Waals surface area contributed by atoms with E-state index >= 15 is 0 Å². The summed E-state index contributed by atoms with van der Waals surface area (Å²) < 4.78 is 5.93. The smallest absolute Gasteiger partial charge is 0.224 e. The Kier molecular flexibility index (Phi) is 5.99. The Labute approximate surface area is 196 Å². The normalized spacial score (nSPS) is 11.9. The molecule has 0 aliphatic rings. The number of aryl methyl sites for hydroxylation is 1. The summed E-state index contributed by atoms with van der Waals surface area (Å²) >= 11 is 0. The van der Waals surface area contributed by atoms with Crippen molar-refractivity contribution in [1.29, 1.82) is 0 Å². The lowest BCUT2D eigenvalue weighted by atomic mass is 9.93. The predicted octanol–water partition coefficient (Wildman–Crippen LogP) is 5.01. The molecule has 0 aliphatic heterocycles. The Morgan fingerprint density at radius 2 is 1.88 bits per heavy atom. The van der Waals surface area contributed by atoms with E-state index in [0.29, 0.717) is 24.5 Å². The molecule has 3 heterocycles. The van der Waals surface area contributed by atoms with Crippen LogP contribution in [-0.2, 0) is 11.2 Å². The lowest BCUT2D eigenvalue weighted by Crippen LogP contribution is -2.22. The van der Waals surface area contributed by atoms with Crippen molar-refractivity contribution in [1.82, 2.24) is 20.2 Å². The van der Waals surface area contributed by atoms with Crippen LogP contribution in [0.4, 0.5) is 0 Å². The first-order valence-electron chi connectivity index (χ1n) is 11.0. The molecular formula is C27H23N5O2. The van der Waals surface area contributed by atoms with Crippen LogP contribution in [0.2, 0.25) is 0 Å².